The van der Waals surface area contributed by atoms with Crippen molar-refractivity contribution in [3.05, 3.63) is 59.7 Å². The Bertz CT molecular complexity index is 619. The van der Waals surface area contributed by atoms with Gasteiger partial charge in [-0.1, -0.05) is 6.07 Å². The molecule has 1 fully saturated rings. The second-order valence-corrected chi connectivity index (χ2v) is 5.62. The number of amides is 1. The number of aromatic nitrogens is 2. The first kappa shape index (κ1) is 14.7. The lowest BCUT2D eigenvalue weighted by Gasteiger charge is -2.34. The normalized spacial score (nSPS) is 15.8. The first-order valence-electron chi connectivity index (χ1n) is 7.55. The Morgan fingerprint density at radius 3 is 2.59 bits per heavy atom. The van der Waals surface area contributed by atoms with Crippen LogP contribution in [-0.2, 0) is 6.54 Å². The summed E-state index contributed by atoms with van der Waals surface area (Å²) in [5, 5.41) is 0. The van der Waals surface area contributed by atoms with Gasteiger partial charge in [0.15, 0.2) is 0 Å². The molecule has 0 radical (unpaired) electrons. The van der Waals surface area contributed by atoms with Gasteiger partial charge < -0.3 is 4.90 Å². The molecule has 0 aliphatic carbocycles. The lowest BCUT2D eigenvalue weighted by molar-refractivity contribution is 0.0628. The maximum absolute atomic E-state index is 12.4. The highest BCUT2D eigenvalue weighted by atomic mass is 16.2. The Morgan fingerprint density at radius 1 is 1.14 bits per heavy atom. The van der Waals surface area contributed by atoms with Crippen LogP contribution in [0.15, 0.2) is 42.9 Å². The number of pyridine rings is 2. The number of piperazine rings is 1. The Balaban J connectivity index is 1.55. The number of hydrogen-bond acceptors (Lipinski definition) is 4. The molecule has 1 aliphatic heterocycles. The number of nitrogens with zero attached hydrogens (tertiary/aromatic N) is 4. The minimum absolute atomic E-state index is 0.0773. The smallest absolute Gasteiger partial charge is 0.255 e. The molecule has 3 heterocycles. The standard InChI is InChI=1S/C17H20N4O/c1-14-4-5-16(12-19-14)17(22)21-9-7-20(8-10-21)13-15-3-2-6-18-11-15/h2-6,11-12H,7-10,13H2,1H3. The van der Waals surface area contributed by atoms with E-state index in [0.717, 1.165) is 38.4 Å². The zero-order valence-corrected chi connectivity index (χ0v) is 12.8. The highest BCUT2D eigenvalue weighted by Crippen LogP contribution is 2.11. The molecule has 2 aromatic heterocycles. The van der Waals surface area contributed by atoms with Crippen LogP contribution < -0.4 is 0 Å². The lowest BCUT2D eigenvalue weighted by Crippen LogP contribution is -2.48. The molecule has 5 heteroatoms. The van der Waals surface area contributed by atoms with Crippen LogP contribution in [-0.4, -0.2) is 51.9 Å². The van der Waals surface area contributed by atoms with Crippen molar-refractivity contribution in [1.82, 2.24) is 19.8 Å². The maximum atomic E-state index is 12.4. The van der Waals surface area contributed by atoms with Crippen molar-refractivity contribution < 1.29 is 4.79 Å². The molecular formula is C17H20N4O. The summed E-state index contributed by atoms with van der Waals surface area (Å²) < 4.78 is 0. The van der Waals surface area contributed by atoms with Crippen LogP contribution in [0.4, 0.5) is 0 Å². The SMILES string of the molecule is Cc1ccc(C(=O)N2CCN(Cc3cccnc3)CC2)cn1. The average molecular weight is 296 g/mol. The number of rotatable bonds is 3. The summed E-state index contributed by atoms with van der Waals surface area (Å²) in [5.41, 5.74) is 2.81. The summed E-state index contributed by atoms with van der Waals surface area (Å²) in [7, 11) is 0. The third kappa shape index (κ3) is 3.49. The van der Waals surface area contributed by atoms with E-state index in [1.54, 1.807) is 12.4 Å². The molecule has 0 unspecified atom stereocenters. The highest BCUT2D eigenvalue weighted by molar-refractivity contribution is 5.94. The van der Waals surface area contributed by atoms with E-state index >= 15 is 0 Å². The molecule has 0 atom stereocenters. The Morgan fingerprint density at radius 2 is 1.95 bits per heavy atom. The lowest BCUT2D eigenvalue weighted by atomic mass is 10.2. The van der Waals surface area contributed by atoms with Gasteiger partial charge >= 0.3 is 0 Å². The van der Waals surface area contributed by atoms with E-state index in [-0.39, 0.29) is 5.91 Å². The van der Waals surface area contributed by atoms with Gasteiger partial charge in [0, 0.05) is 57.0 Å². The molecule has 22 heavy (non-hydrogen) atoms. The molecule has 1 aliphatic rings. The Labute approximate surface area is 130 Å². The van der Waals surface area contributed by atoms with Gasteiger partial charge in [-0.15, -0.1) is 0 Å². The predicted octanol–water partition coefficient (Wildman–Crippen LogP) is 1.74. The van der Waals surface area contributed by atoms with Gasteiger partial charge in [-0.2, -0.15) is 0 Å². The molecule has 0 N–H and O–H groups in total. The van der Waals surface area contributed by atoms with Crippen LogP contribution in [0.25, 0.3) is 0 Å². The van der Waals surface area contributed by atoms with E-state index in [4.69, 9.17) is 0 Å². The second-order valence-electron chi connectivity index (χ2n) is 5.62. The minimum atomic E-state index is 0.0773. The minimum Gasteiger partial charge on any atom is -0.336 e. The second kappa shape index (κ2) is 6.66. The number of carbonyl (C=O) groups is 1. The van der Waals surface area contributed by atoms with Gasteiger partial charge in [0.25, 0.3) is 5.91 Å². The van der Waals surface area contributed by atoms with Crippen molar-refractivity contribution in [2.45, 2.75) is 13.5 Å². The van der Waals surface area contributed by atoms with Crippen molar-refractivity contribution in [1.29, 1.82) is 0 Å². The maximum Gasteiger partial charge on any atom is 0.255 e. The Hall–Kier alpha value is -2.27. The van der Waals surface area contributed by atoms with Gasteiger partial charge in [0.05, 0.1) is 5.56 Å². The van der Waals surface area contributed by atoms with Gasteiger partial charge in [-0.05, 0) is 30.7 Å². The first-order valence-corrected chi connectivity index (χ1v) is 7.55. The van der Waals surface area contributed by atoms with Gasteiger partial charge in [-0.25, -0.2) is 0 Å². The molecule has 2 aromatic rings. The molecule has 0 spiro atoms. The van der Waals surface area contributed by atoms with Crippen LogP contribution in [0, 0.1) is 6.92 Å². The molecule has 3 rings (SSSR count). The summed E-state index contributed by atoms with van der Waals surface area (Å²) in [6.07, 6.45) is 5.35. The van der Waals surface area contributed by atoms with Gasteiger partial charge in [-0.3, -0.25) is 19.7 Å². The highest BCUT2D eigenvalue weighted by Gasteiger charge is 2.22. The monoisotopic (exact) mass is 296 g/mol. The molecule has 0 aromatic carbocycles. The van der Waals surface area contributed by atoms with Gasteiger partial charge in [0.2, 0.25) is 0 Å². The van der Waals surface area contributed by atoms with Crippen LogP contribution in [0.1, 0.15) is 21.6 Å². The zero-order valence-electron chi connectivity index (χ0n) is 12.8. The number of hydrogen-bond donors (Lipinski definition) is 0. The fourth-order valence-corrected chi connectivity index (χ4v) is 2.64. The third-order valence-corrected chi connectivity index (χ3v) is 3.95. The molecular weight excluding hydrogens is 276 g/mol. The van der Waals surface area contributed by atoms with E-state index in [0.29, 0.717) is 5.56 Å². The van der Waals surface area contributed by atoms with Crippen molar-refractivity contribution in [2.75, 3.05) is 26.2 Å². The summed E-state index contributed by atoms with van der Waals surface area (Å²) in [6.45, 7) is 6.10. The zero-order chi connectivity index (χ0) is 15.4. The fraction of sp³-hybridized carbons (Fsp3) is 0.353. The van der Waals surface area contributed by atoms with Crippen LogP contribution in [0.3, 0.4) is 0 Å². The van der Waals surface area contributed by atoms with E-state index in [1.807, 2.05) is 36.2 Å². The summed E-state index contributed by atoms with van der Waals surface area (Å²) in [6, 6.07) is 7.78. The van der Waals surface area contributed by atoms with Crippen molar-refractivity contribution in [3.8, 4) is 0 Å². The van der Waals surface area contributed by atoms with Crippen LogP contribution in [0.5, 0.6) is 0 Å². The molecule has 114 valence electrons. The van der Waals surface area contributed by atoms with Gasteiger partial charge in [0.1, 0.15) is 0 Å². The average Bonchev–Trinajstić information content (AvgIpc) is 2.57. The van der Waals surface area contributed by atoms with E-state index in [2.05, 4.69) is 20.9 Å². The molecule has 0 bridgehead atoms. The molecule has 1 amide bonds. The quantitative estimate of drug-likeness (QED) is 0.866. The van der Waals surface area contributed by atoms with Crippen molar-refractivity contribution in [3.63, 3.8) is 0 Å². The Kier molecular flexibility index (Phi) is 4.44. The van der Waals surface area contributed by atoms with Crippen molar-refractivity contribution in [2.24, 2.45) is 0 Å². The fourth-order valence-electron chi connectivity index (χ4n) is 2.64. The summed E-state index contributed by atoms with van der Waals surface area (Å²) >= 11 is 0. The van der Waals surface area contributed by atoms with E-state index < -0.39 is 0 Å². The summed E-state index contributed by atoms with van der Waals surface area (Å²) in [4.78, 5) is 25.0. The van der Waals surface area contributed by atoms with E-state index in [9.17, 15) is 4.79 Å². The molecule has 0 saturated carbocycles. The number of carbonyl (C=O) groups excluding carboxylic acids is 1. The molecule has 5 nitrogen and oxygen atoms in total. The molecule has 1 saturated heterocycles. The third-order valence-electron chi connectivity index (χ3n) is 3.95. The predicted molar refractivity (Wildman–Crippen MR) is 84.4 cm³/mol. The topological polar surface area (TPSA) is 49.3 Å². The van der Waals surface area contributed by atoms with Crippen LogP contribution >= 0.6 is 0 Å². The summed E-state index contributed by atoms with van der Waals surface area (Å²) in [5.74, 6) is 0.0773. The number of aryl methyl sites for hydroxylation is 1. The van der Waals surface area contributed by atoms with Crippen LogP contribution in [0.2, 0.25) is 0 Å². The van der Waals surface area contributed by atoms with Crippen molar-refractivity contribution >= 4 is 5.91 Å². The van der Waals surface area contributed by atoms with E-state index in [1.165, 1.54) is 5.56 Å². The first-order chi connectivity index (χ1) is 10.7. The largest absolute Gasteiger partial charge is 0.336 e.